The lowest BCUT2D eigenvalue weighted by molar-refractivity contribution is -0.148. The van der Waals surface area contributed by atoms with Crippen LogP contribution in [0.15, 0.2) is 47.4 Å². The van der Waals surface area contributed by atoms with E-state index in [0.717, 1.165) is 16.4 Å². The van der Waals surface area contributed by atoms with Crippen molar-refractivity contribution in [1.82, 2.24) is 4.31 Å². The lowest BCUT2D eigenvalue weighted by Crippen LogP contribution is -2.41. The predicted molar refractivity (Wildman–Crippen MR) is 106 cm³/mol. The number of alkyl halides is 3. The van der Waals surface area contributed by atoms with Gasteiger partial charge in [0.15, 0.2) is 11.5 Å². The summed E-state index contributed by atoms with van der Waals surface area (Å²) >= 11 is 0. The smallest absolute Gasteiger partial charge is 0.416 e. The Labute approximate surface area is 182 Å². The third-order valence-corrected chi connectivity index (χ3v) is 7.16. The fraction of sp³-hybridized carbons (Fsp3) is 0.381. The van der Waals surface area contributed by atoms with Crippen molar-refractivity contribution in [2.75, 3.05) is 19.8 Å². The maximum absolute atomic E-state index is 13.2. The van der Waals surface area contributed by atoms with E-state index in [9.17, 15) is 26.4 Å². The first kappa shape index (κ1) is 22.4. The van der Waals surface area contributed by atoms with E-state index in [-0.39, 0.29) is 24.5 Å². The van der Waals surface area contributed by atoms with Crippen molar-refractivity contribution in [2.45, 2.75) is 36.6 Å². The van der Waals surface area contributed by atoms with Crippen LogP contribution in [-0.4, -0.2) is 44.5 Å². The number of carbonyl (C=O) groups excluding carboxylic acids is 1. The van der Waals surface area contributed by atoms with E-state index in [0.29, 0.717) is 36.7 Å². The number of ether oxygens (including phenoxy) is 3. The summed E-state index contributed by atoms with van der Waals surface area (Å²) in [6.07, 6.45) is -3.69. The predicted octanol–water partition coefficient (Wildman–Crippen LogP) is 3.37. The zero-order valence-electron chi connectivity index (χ0n) is 16.8. The number of rotatable bonds is 5. The minimum absolute atomic E-state index is 0.0239. The van der Waals surface area contributed by atoms with Crippen molar-refractivity contribution in [3.63, 3.8) is 0 Å². The summed E-state index contributed by atoms with van der Waals surface area (Å²) in [5.74, 6) is 0.0191. The summed E-state index contributed by atoms with van der Waals surface area (Å²) in [6.45, 7) is 0.569. The Hall–Kier alpha value is -2.79. The molecule has 0 aromatic heterocycles. The summed E-state index contributed by atoms with van der Waals surface area (Å²) in [6, 6.07) is 7.49. The Bertz CT molecular complexity index is 1100. The van der Waals surface area contributed by atoms with E-state index in [1.165, 1.54) is 30.3 Å². The van der Waals surface area contributed by atoms with Crippen molar-refractivity contribution < 1.29 is 40.6 Å². The van der Waals surface area contributed by atoms with Crippen molar-refractivity contribution in [1.29, 1.82) is 0 Å². The highest BCUT2D eigenvalue weighted by molar-refractivity contribution is 7.89. The first-order chi connectivity index (χ1) is 15.2. The monoisotopic (exact) mass is 471 g/mol. The first-order valence-electron chi connectivity index (χ1n) is 9.90. The molecule has 1 saturated heterocycles. The molecule has 0 aliphatic carbocycles. The molecule has 2 aliphatic heterocycles. The molecular formula is C21H20F3NO6S. The van der Waals surface area contributed by atoms with Gasteiger partial charge in [0.05, 0.1) is 10.5 Å². The second-order valence-corrected chi connectivity index (χ2v) is 9.27. The third kappa shape index (κ3) is 4.53. The maximum atomic E-state index is 13.2. The van der Waals surface area contributed by atoms with E-state index in [1.54, 1.807) is 0 Å². The van der Waals surface area contributed by atoms with Crippen LogP contribution < -0.4 is 9.47 Å². The molecule has 0 saturated carbocycles. The van der Waals surface area contributed by atoms with Gasteiger partial charge >= 0.3 is 12.1 Å². The van der Waals surface area contributed by atoms with Crippen LogP contribution >= 0.6 is 0 Å². The van der Waals surface area contributed by atoms with Gasteiger partial charge in [0.2, 0.25) is 10.0 Å². The van der Waals surface area contributed by atoms with Gasteiger partial charge in [-0.05, 0) is 42.7 Å². The number of hydrogen-bond acceptors (Lipinski definition) is 6. The van der Waals surface area contributed by atoms with Crippen LogP contribution in [0.2, 0.25) is 0 Å². The molecule has 11 heteroatoms. The Kier molecular flexibility index (Phi) is 6.04. The lowest BCUT2D eigenvalue weighted by Gasteiger charge is -2.24. The molecule has 0 amide bonds. The Morgan fingerprint density at radius 3 is 2.44 bits per heavy atom. The summed E-state index contributed by atoms with van der Waals surface area (Å²) in [4.78, 5) is 12.6. The van der Waals surface area contributed by atoms with Crippen LogP contribution in [0.25, 0.3) is 0 Å². The molecule has 7 nitrogen and oxygen atoms in total. The highest BCUT2D eigenvalue weighted by atomic mass is 32.2. The van der Waals surface area contributed by atoms with Crippen molar-refractivity contribution >= 4 is 16.0 Å². The zero-order chi connectivity index (χ0) is 22.9. The first-order valence-corrected chi connectivity index (χ1v) is 11.3. The van der Waals surface area contributed by atoms with Crippen LogP contribution in [-0.2, 0) is 32.3 Å². The molecule has 0 spiro atoms. The summed E-state index contributed by atoms with van der Waals surface area (Å²) < 4.78 is 81.5. The SMILES string of the molecule is O=C(OCc1ccc(C(F)(F)F)cc1)[C@H]1CCCN1S(=O)(=O)c1ccc2c(c1)OCCO2. The van der Waals surface area contributed by atoms with E-state index in [1.807, 2.05) is 0 Å². The normalized spacial score (nSPS) is 19.0. The van der Waals surface area contributed by atoms with E-state index in [4.69, 9.17) is 14.2 Å². The molecule has 0 unspecified atom stereocenters. The highest BCUT2D eigenvalue weighted by Crippen LogP contribution is 2.35. The summed E-state index contributed by atoms with van der Waals surface area (Å²) in [5, 5.41) is 0. The molecule has 0 radical (unpaired) electrons. The Balaban J connectivity index is 1.45. The fourth-order valence-corrected chi connectivity index (χ4v) is 5.29. The van der Waals surface area contributed by atoms with Gasteiger partial charge in [-0.3, -0.25) is 4.79 Å². The molecular weight excluding hydrogens is 451 g/mol. The summed E-state index contributed by atoms with van der Waals surface area (Å²) in [7, 11) is -4.00. The number of sulfonamides is 1. The van der Waals surface area contributed by atoms with Crippen LogP contribution in [0.1, 0.15) is 24.0 Å². The average molecular weight is 471 g/mol. The molecule has 32 heavy (non-hydrogen) atoms. The second kappa shape index (κ2) is 8.62. The van der Waals surface area contributed by atoms with Gasteiger partial charge in [-0.1, -0.05) is 12.1 Å². The van der Waals surface area contributed by atoms with Crippen LogP contribution in [0, 0.1) is 0 Å². The molecule has 0 N–H and O–H groups in total. The van der Waals surface area contributed by atoms with Crippen LogP contribution in [0.3, 0.4) is 0 Å². The maximum Gasteiger partial charge on any atom is 0.416 e. The molecule has 1 atom stereocenters. The number of nitrogens with zero attached hydrogens (tertiary/aromatic N) is 1. The number of halogens is 3. The number of hydrogen-bond donors (Lipinski definition) is 0. The number of fused-ring (bicyclic) bond motifs is 1. The minimum atomic E-state index is -4.46. The molecule has 4 rings (SSSR count). The van der Waals surface area contributed by atoms with E-state index in [2.05, 4.69) is 0 Å². The van der Waals surface area contributed by atoms with Crippen LogP contribution in [0.4, 0.5) is 13.2 Å². The van der Waals surface area contributed by atoms with Gasteiger partial charge < -0.3 is 14.2 Å². The Morgan fingerprint density at radius 2 is 1.75 bits per heavy atom. The molecule has 2 heterocycles. The third-order valence-electron chi connectivity index (χ3n) is 5.26. The number of benzene rings is 2. The molecule has 2 aromatic rings. The van der Waals surface area contributed by atoms with Crippen molar-refractivity contribution in [3.05, 3.63) is 53.6 Å². The van der Waals surface area contributed by atoms with Gasteiger partial charge in [0.25, 0.3) is 0 Å². The summed E-state index contributed by atoms with van der Waals surface area (Å²) in [5.41, 5.74) is -0.439. The largest absolute Gasteiger partial charge is 0.486 e. The number of carbonyl (C=O) groups is 1. The van der Waals surface area contributed by atoms with E-state index < -0.39 is 33.8 Å². The highest BCUT2D eigenvalue weighted by Gasteiger charge is 2.41. The van der Waals surface area contributed by atoms with Gasteiger partial charge in [-0.2, -0.15) is 17.5 Å². The molecule has 0 bridgehead atoms. The molecule has 172 valence electrons. The minimum Gasteiger partial charge on any atom is -0.486 e. The van der Waals surface area contributed by atoms with Gasteiger partial charge in [0.1, 0.15) is 25.9 Å². The standard InChI is InChI=1S/C21H20F3NO6S/c22-21(23,24)15-5-3-14(4-6-15)13-31-20(26)17-2-1-9-25(17)32(27,28)16-7-8-18-19(12-16)30-11-10-29-18/h3-8,12,17H,1-2,9-11,13H2/t17-/m1/s1. The lowest BCUT2D eigenvalue weighted by atomic mass is 10.1. The molecule has 1 fully saturated rings. The quantitative estimate of drug-likeness (QED) is 0.622. The number of esters is 1. The fourth-order valence-electron chi connectivity index (χ4n) is 3.62. The van der Waals surface area contributed by atoms with E-state index >= 15 is 0 Å². The topological polar surface area (TPSA) is 82.1 Å². The van der Waals surface area contributed by atoms with Crippen molar-refractivity contribution in [2.24, 2.45) is 0 Å². The van der Waals surface area contributed by atoms with Gasteiger partial charge in [-0.15, -0.1) is 0 Å². The zero-order valence-corrected chi connectivity index (χ0v) is 17.6. The van der Waals surface area contributed by atoms with Gasteiger partial charge in [-0.25, -0.2) is 8.42 Å². The molecule has 2 aliphatic rings. The van der Waals surface area contributed by atoms with Gasteiger partial charge in [0, 0.05) is 12.6 Å². The molecule has 2 aromatic carbocycles. The van der Waals surface area contributed by atoms with Crippen molar-refractivity contribution in [3.8, 4) is 11.5 Å². The van der Waals surface area contributed by atoms with Crippen LogP contribution in [0.5, 0.6) is 11.5 Å². The Morgan fingerprint density at radius 1 is 1.06 bits per heavy atom. The average Bonchev–Trinajstić information content (AvgIpc) is 3.28. The second-order valence-electron chi connectivity index (χ2n) is 7.38.